The van der Waals surface area contributed by atoms with Crippen molar-refractivity contribution in [1.29, 1.82) is 0 Å². The Kier molecular flexibility index (Phi) is 3.35. The average Bonchev–Trinajstić information content (AvgIpc) is 2.20. The second-order valence-electron chi connectivity index (χ2n) is 2.54. The van der Waals surface area contributed by atoms with Gasteiger partial charge in [0.1, 0.15) is 10.3 Å². The monoisotopic (exact) mass is 277 g/mol. The fraction of sp³-hybridized carbons (Fsp3) is 0.125. The van der Waals surface area contributed by atoms with Crippen molar-refractivity contribution in [2.75, 3.05) is 7.11 Å². The van der Waals surface area contributed by atoms with Crippen molar-refractivity contribution in [1.82, 2.24) is 0 Å². The van der Waals surface area contributed by atoms with Crippen LogP contribution in [0.25, 0.3) is 0 Å². The van der Waals surface area contributed by atoms with Crippen molar-refractivity contribution in [3.8, 4) is 0 Å². The van der Waals surface area contributed by atoms with Crippen LogP contribution in [0.2, 0.25) is 0 Å². The maximum absolute atomic E-state index is 13.1. The topological polar surface area (TPSA) is 69.4 Å². The number of hydrogen-bond acceptors (Lipinski definition) is 4. The summed E-state index contributed by atoms with van der Waals surface area (Å²) < 4.78 is 17.2. The van der Waals surface area contributed by atoms with Crippen LogP contribution in [0.1, 0.15) is 10.4 Å². The first-order chi connectivity index (χ1) is 6.97. The van der Waals surface area contributed by atoms with Crippen molar-refractivity contribution >= 4 is 27.6 Å². The van der Waals surface area contributed by atoms with Gasteiger partial charge < -0.3 is 4.74 Å². The van der Waals surface area contributed by atoms with Gasteiger partial charge in [-0.15, -0.1) is 0 Å². The molecule has 0 atom stereocenters. The predicted molar refractivity (Wildman–Crippen MR) is 52.1 cm³/mol. The van der Waals surface area contributed by atoms with Gasteiger partial charge in [-0.3, -0.25) is 10.1 Å². The standard InChI is InChI=1S/C8H5BrFNO4/c1-15-8(12)4-2-5(10)7(9)6(3-4)11(13)14/h2-3H,1H3. The zero-order chi connectivity index (χ0) is 11.6. The van der Waals surface area contributed by atoms with E-state index in [1.165, 1.54) is 0 Å². The summed E-state index contributed by atoms with van der Waals surface area (Å²) in [6.07, 6.45) is 0. The van der Waals surface area contributed by atoms with E-state index < -0.39 is 22.4 Å². The van der Waals surface area contributed by atoms with Gasteiger partial charge in [0.05, 0.1) is 17.6 Å². The van der Waals surface area contributed by atoms with Gasteiger partial charge in [-0.05, 0) is 22.0 Å². The normalized spacial score (nSPS) is 9.80. The quantitative estimate of drug-likeness (QED) is 0.472. The second-order valence-corrected chi connectivity index (χ2v) is 3.33. The second kappa shape index (κ2) is 4.35. The highest BCUT2D eigenvalue weighted by Crippen LogP contribution is 2.29. The van der Waals surface area contributed by atoms with E-state index in [4.69, 9.17) is 0 Å². The summed E-state index contributed by atoms with van der Waals surface area (Å²) in [6.45, 7) is 0. The van der Waals surface area contributed by atoms with Crippen molar-refractivity contribution < 1.29 is 18.8 Å². The number of nitrogens with zero attached hydrogens (tertiary/aromatic N) is 1. The molecule has 0 aliphatic heterocycles. The van der Waals surface area contributed by atoms with Gasteiger partial charge in [-0.25, -0.2) is 9.18 Å². The minimum Gasteiger partial charge on any atom is -0.465 e. The molecule has 0 saturated carbocycles. The minimum absolute atomic E-state index is 0.204. The number of ether oxygens (including phenoxy) is 1. The molecule has 0 aliphatic carbocycles. The third kappa shape index (κ3) is 2.30. The maximum Gasteiger partial charge on any atom is 0.338 e. The SMILES string of the molecule is COC(=O)c1cc(F)c(Br)c([N+](=O)[O-])c1. The Morgan fingerprint density at radius 1 is 1.60 bits per heavy atom. The Labute approximate surface area is 92.1 Å². The lowest BCUT2D eigenvalue weighted by molar-refractivity contribution is -0.385. The van der Waals surface area contributed by atoms with E-state index >= 15 is 0 Å². The predicted octanol–water partition coefficient (Wildman–Crippen LogP) is 2.28. The van der Waals surface area contributed by atoms with Crippen LogP contribution >= 0.6 is 15.9 Å². The molecule has 0 fully saturated rings. The first-order valence-electron chi connectivity index (χ1n) is 3.69. The van der Waals surface area contributed by atoms with Crippen molar-refractivity contribution in [2.45, 2.75) is 0 Å². The molecule has 0 bridgehead atoms. The van der Waals surface area contributed by atoms with E-state index in [1.54, 1.807) is 0 Å². The summed E-state index contributed by atoms with van der Waals surface area (Å²) in [5.41, 5.74) is -0.722. The highest BCUT2D eigenvalue weighted by molar-refractivity contribution is 9.10. The molecule has 0 aromatic heterocycles. The van der Waals surface area contributed by atoms with Crippen LogP contribution in [0.5, 0.6) is 0 Å². The molecule has 1 rings (SSSR count). The summed E-state index contributed by atoms with van der Waals surface area (Å²) >= 11 is 2.72. The van der Waals surface area contributed by atoms with Crippen LogP contribution in [0, 0.1) is 15.9 Å². The van der Waals surface area contributed by atoms with Gasteiger partial charge in [0, 0.05) is 6.07 Å². The Morgan fingerprint density at radius 3 is 2.67 bits per heavy atom. The van der Waals surface area contributed by atoms with Crippen LogP contribution in [0.15, 0.2) is 16.6 Å². The van der Waals surface area contributed by atoms with E-state index in [9.17, 15) is 19.3 Å². The fourth-order valence-electron chi connectivity index (χ4n) is 0.943. The number of carbonyl (C=O) groups excluding carboxylic acids is 1. The highest BCUT2D eigenvalue weighted by atomic mass is 79.9. The first-order valence-corrected chi connectivity index (χ1v) is 4.48. The summed E-state index contributed by atoms with van der Waals surface area (Å²) in [6, 6.07) is 1.81. The smallest absolute Gasteiger partial charge is 0.338 e. The molecular weight excluding hydrogens is 273 g/mol. The molecule has 0 N–H and O–H groups in total. The van der Waals surface area contributed by atoms with Gasteiger partial charge >= 0.3 is 5.97 Å². The molecule has 0 aliphatic rings. The lowest BCUT2D eigenvalue weighted by atomic mass is 10.2. The molecule has 0 unspecified atom stereocenters. The Morgan fingerprint density at radius 2 is 2.20 bits per heavy atom. The van der Waals surface area contributed by atoms with E-state index in [-0.39, 0.29) is 10.0 Å². The van der Waals surface area contributed by atoms with E-state index in [0.717, 1.165) is 19.2 Å². The molecule has 15 heavy (non-hydrogen) atoms. The van der Waals surface area contributed by atoms with Gasteiger partial charge in [0.2, 0.25) is 0 Å². The van der Waals surface area contributed by atoms with Crippen LogP contribution < -0.4 is 0 Å². The van der Waals surface area contributed by atoms with E-state index in [2.05, 4.69) is 20.7 Å². The number of hydrogen-bond donors (Lipinski definition) is 0. The van der Waals surface area contributed by atoms with Crippen molar-refractivity contribution in [3.63, 3.8) is 0 Å². The van der Waals surface area contributed by atoms with Gasteiger partial charge in [0.25, 0.3) is 5.69 Å². The minimum atomic E-state index is -0.885. The maximum atomic E-state index is 13.1. The van der Waals surface area contributed by atoms with E-state index in [0.29, 0.717) is 0 Å². The summed E-state index contributed by atoms with van der Waals surface area (Å²) in [4.78, 5) is 20.7. The van der Waals surface area contributed by atoms with Crippen LogP contribution in [0.3, 0.4) is 0 Å². The number of carbonyl (C=O) groups is 1. The molecule has 0 radical (unpaired) electrons. The number of rotatable bonds is 2. The largest absolute Gasteiger partial charge is 0.465 e. The third-order valence-electron chi connectivity index (χ3n) is 1.63. The number of nitro groups is 1. The van der Waals surface area contributed by atoms with Crippen molar-refractivity contribution in [2.24, 2.45) is 0 Å². The van der Waals surface area contributed by atoms with Crippen LogP contribution in [-0.2, 0) is 4.74 Å². The number of nitro benzene ring substituents is 1. The zero-order valence-corrected chi connectivity index (χ0v) is 9.08. The Hall–Kier alpha value is -1.50. The summed E-state index contributed by atoms with van der Waals surface area (Å²) in [5.74, 6) is -1.71. The zero-order valence-electron chi connectivity index (χ0n) is 7.49. The number of esters is 1. The molecular formula is C8H5BrFNO4. The third-order valence-corrected chi connectivity index (χ3v) is 2.41. The van der Waals surface area contributed by atoms with Crippen LogP contribution in [0.4, 0.5) is 10.1 Å². The lowest BCUT2D eigenvalue weighted by Gasteiger charge is -2.01. The molecule has 0 spiro atoms. The first kappa shape index (κ1) is 11.6. The van der Waals surface area contributed by atoms with Gasteiger partial charge in [-0.2, -0.15) is 0 Å². The average molecular weight is 278 g/mol. The van der Waals surface area contributed by atoms with Gasteiger partial charge in [-0.1, -0.05) is 0 Å². The fourth-order valence-corrected chi connectivity index (χ4v) is 1.32. The number of benzene rings is 1. The summed E-state index contributed by atoms with van der Waals surface area (Å²) in [7, 11) is 1.11. The van der Waals surface area contributed by atoms with Crippen molar-refractivity contribution in [3.05, 3.63) is 38.1 Å². The van der Waals surface area contributed by atoms with E-state index in [1.807, 2.05) is 0 Å². The van der Waals surface area contributed by atoms with Gasteiger partial charge in [0.15, 0.2) is 0 Å². The molecule has 1 aromatic rings. The lowest BCUT2D eigenvalue weighted by Crippen LogP contribution is -2.03. The molecule has 0 heterocycles. The summed E-state index contributed by atoms with van der Waals surface area (Å²) in [5, 5.41) is 10.5. The number of halogens is 2. The molecule has 5 nitrogen and oxygen atoms in total. The molecule has 7 heteroatoms. The number of methoxy groups -OCH3 is 1. The Bertz CT molecular complexity index is 435. The molecule has 0 amide bonds. The molecule has 80 valence electrons. The molecule has 1 aromatic carbocycles. The molecule has 0 saturated heterocycles. The highest BCUT2D eigenvalue weighted by Gasteiger charge is 2.20. The Balaban J connectivity index is 3.35. The van der Waals surface area contributed by atoms with Crippen LogP contribution in [-0.4, -0.2) is 18.0 Å².